The minimum atomic E-state index is -3.33. The van der Waals surface area contributed by atoms with Crippen LogP contribution >= 0.6 is 0 Å². The number of rotatable bonds is 3. The first-order chi connectivity index (χ1) is 8.35. The van der Waals surface area contributed by atoms with Crippen LogP contribution in [0.5, 0.6) is 0 Å². The molecule has 2 rings (SSSR count). The van der Waals surface area contributed by atoms with Gasteiger partial charge in [0.05, 0.1) is 24.1 Å². The average molecular weight is 267 g/mol. The minimum Gasteiger partial charge on any atom is -0.284 e. The first-order valence-electron chi connectivity index (χ1n) is 5.30. The van der Waals surface area contributed by atoms with Crippen LogP contribution in [-0.2, 0) is 14.8 Å². The number of anilines is 2. The van der Waals surface area contributed by atoms with Gasteiger partial charge in [0, 0.05) is 5.71 Å². The Morgan fingerprint density at radius 2 is 2.11 bits per heavy atom. The molecular formula is C11H13N3O3S. The van der Waals surface area contributed by atoms with Gasteiger partial charge in [-0.05, 0) is 25.1 Å². The summed E-state index contributed by atoms with van der Waals surface area (Å²) in [6, 6.07) is 6.55. The molecule has 0 aromatic heterocycles. The molecule has 0 atom stereocenters. The lowest BCUT2D eigenvalue weighted by Crippen LogP contribution is -2.19. The number of benzene rings is 1. The largest absolute Gasteiger partial charge is 0.284 e. The molecule has 0 saturated heterocycles. The third kappa shape index (κ3) is 2.86. The number of carbonyl (C=O) groups excluding carboxylic acids is 1. The Bertz CT molecular complexity index is 622. The van der Waals surface area contributed by atoms with Gasteiger partial charge in [0.2, 0.25) is 10.0 Å². The van der Waals surface area contributed by atoms with Crippen LogP contribution in [0, 0.1) is 0 Å². The van der Waals surface area contributed by atoms with Crippen LogP contribution in [0.25, 0.3) is 0 Å². The topological polar surface area (TPSA) is 78.8 Å². The van der Waals surface area contributed by atoms with E-state index < -0.39 is 10.0 Å². The summed E-state index contributed by atoms with van der Waals surface area (Å²) in [4.78, 5) is 11.7. The van der Waals surface area contributed by atoms with Crippen molar-refractivity contribution < 1.29 is 13.2 Å². The molecule has 1 amide bonds. The van der Waals surface area contributed by atoms with Crippen LogP contribution < -0.4 is 9.73 Å². The smallest absolute Gasteiger partial charge is 0.253 e. The van der Waals surface area contributed by atoms with Gasteiger partial charge in [0.25, 0.3) is 5.91 Å². The van der Waals surface area contributed by atoms with Crippen molar-refractivity contribution >= 4 is 33.0 Å². The molecule has 1 aromatic carbocycles. The van der Waals surface area contributed by atoms with Crippen LogP contribution in [-0.4, -0.2) is 26.3 Å². The maximum atomic E-state index is 11.7. The summed E-state index contributed by atoms with van der Waals surface area (Å²) < 4.78 is 24.6. The second-order valence-electron chi connectivity index (χ2n) is 4.14. The summed E-state index contributed by atoms with van der Waals surface area (Å²) in [7, 11) is -3.33. The first kappa shape index (κ1) is 12.6. The van der Waals surface area contributed by atoms with Gasteiger partial charge in [0.15, 0.2) is 0 Å². The normalized spacial score (nSPS) is 15.8. The predicted octanol–water partition coefficient (Wildman–Crippen LogP) is 1.17. The number of nitrogens with zero attached hydrogens (tertiary/aromatic N) is 2. The van der Waals surface area contributed by atoms with E-state index in [1.165, 1.54) is 5.01 Å². The van der Waals surface area contributed by atoms with Crippen LogP contribution in [0.4, 0.5) is 11.4 Å². The van der Waals surface area contributed by atoms with Gasteiger partial charge in [-0.25, -0.2) is 13.4 Å². The van der Waals surface area contributed by atoms with E-state index in [0.717, 1.165) is 12.0 Å². The number of carbonyl (C=O) groups is 1. The Balaban J connectivity index is 2.31. The monoisotopic (exact) mass is 267 g/mol. The van der Waals surface area contributed by atoms with E-state index in [2.05, 4.69) is 9.82 Å². The fourth-order valence-electron chi connectivity index (χ4n) is 1.67. The lowest BCUT2D eigenvalue weighted by atomic mass is 10.2. The molecule has 1 aliphatic heterocycles. The van der Waals surface area contributed by atoms with E-state index in [1.807, 2.05) is 0 Å². The number of sulfonamides is 1. The first-order valence-corrected chi connectivity index (χ1v) is 7.19. The zero-order chi connectivity index (χ0) is 13.3. The number of hydrogen-bond acceptors (Lipinski definition) is 4. The van der Waals surface area contributed by atoms with Crippen LogP contribution in [0.2, 0.25) is 0 Å². The Kier molecular flexibility index (Phi) is 3.08. The Labute approximate surface area is 105 Å². The van der Waals surface area contributed by atoms with Gasteiger partial charge in [0.1, 0.15) is 0 Å². The molecule has 1 heterocycles. The van der Waals surface area contributed by atoms with Gasteiger partial charge in [-0.2, -0.15) is 5.10 Å². The van der Waals surface area contributed by atoms with Gasteiger partial charge >= 0.3 is 0 Å². The molecule has 0 unspecified atom stereocenters. The van der Waals surface area contributed by atoms with E-state index in [4.69, 9.17) is 0 Å². The van der Waals surface area contributed by atoms with Crippen molar-refractivity contribution in [2.75, 3.05) is 16.0 Å². The Morgan fingerprint density at radius 3 is 2.67 bits per heavy atom. The summed E-state index contributed by atoms with van der Waals surface area (Å²) in [6.45, 7) is 1.77. The molecule has 1 aromatic rings. The highest BCUT2D eigenvalue weighted by Gasteiger charge is 2.22. The minimum absolute atomic E-state index is 0.121. The maximum Gasteiger partial charge on any atom is 0.253 e. The molecule has 96 valence electrons. The SMILES string of the molecule is CC1=NN(c2cccc(NS(C)(=O)=O)c2)C(=O)C1. The predicted molar refractivity (Wildman–Crippen MR) is 70.1 cm³/mol. The van der Waals surface area contributed by atoms with E-state index in [1.54, 1.807) is 31.2 Å². The number of nitrogens with one attached hydrogen (secondary N) is 1. The van der Waals surface area contributed by atoms with E-state index in [0.29, 0.717) is 17.8 Å². The zero-order valence-electron chi connectivity index (χ0n) is 10.0. The molecule has 6 nitrogen and oxygen atoms in total. The molecule has 0 spiro atoms. The third-order valence-electron chi connectivity index (χ3n) is 2.31. The van der Waals surface area contributed by atoms with Crippen molar-refractivity contribution in [3.8, 4) is 0 Å². The molecule has 1 aliphatic rings. The van der Waals surface area contributed by atoms with E-state index >= 15 is 0 Å². The number of hydrazone groups is 1. The molecule has 1 N–H and O–H groups in total. The quantitative estimate of drug-likeness (QED) is 0.892. The van der Waals surface area contributed by atoms with Crippen LogP contribution in [0.3, 0.4) is 0 Å². The Morgan fingerprint density at radius 1 is 1.39 bits per heavy atom. The lowest BCUT2D eigenvalue weighted by molar-refractivity contribution is -0.116. The van der Waals surface area contributed by atoms with Crippen molar-refractivity contribution in [3.05, 3.63) is 24.3 Å². The summed E-state index contributed by atoms with van der Waals surface area (Å²) in [5.74, 6) is -0.121. The second kappa shape index (κ2) is 4.41. The van der Waals surface area contributed by atoms with Gasteiger partial charge in [-0.1, -0.05) is 6.07 Å². The molecular weight excluding hydrogens is 254 g/mol. The summed E-state index contributed by atoms with van der Waals surface area (Å²) in [5.41, 5.74) is 1.69. The summed E-state index contributed by atoms with van der Waals surface area (Å²) in [6.07, 6.45) is 1.37. The maximum absolute atomic E-state index is 11.7. The number of hydrogen-bond donors (Lipinski definition) is 1. The molecule has 0 aliphatic carbocycles. The summed E-state index contributed by atoms with van der Waals surface area (Å²) in [5, 5.41) is 5.38. The molecule has 7 heteroatoms. The van der Waals surface area contributed by atoms with Gasteiger partial charge < -0.3 is 0 Å². The number of amides is 1. The van der Waals surface area contributed by atoms with E-state index in [-0.39, 0.29) is 5.91 Å². The van der Waals surface area contributed by atoms with Crippen molar-refractivity contribution in [2.45, 2.75) is 13.3 Å². The molecule has 18 heavy (non-hydrogen) atoms. The van der Waals surface area contributed by atoms with Crippen molar-refractivity contribution in [1.29, 1.82) is 0 Å². The zero-order valence-corrected chi connectivity index (χ0v) is 10.9. The second-order valence-corrected chi connectivity index (χ2v) is 5.89. The van der Waals surface area contributed by atoms with Gasteiger partial charge in [-0.15, -0.1) is 0 Å². The van der Waals surface area contributed by atoms with Gasteiger partial charge in [-0.3, -0.25) is 9.52 Å². The van der Waals surface area contributed by atoms with Crippen molar-refractivity contribution in [3.63, 3.8) is 0 Å². The fourth-order valence-corrected chi connectivity index (χ4v) is 2.23. The Hall–Kier alpha value is -1.89. The molecule has 0 fully saturated rings. The van der Waals surface area contributed by atoms with E-state index in [9.17, 15) is 13.2 Å². The fraction of sp³-hybridized carbons (Fsp3) is 0.273. The average Bonchev–Trinajstić information content (AvgIpc) is 2.55. The third-order valence-corrected chi connectivity index (χ3v) is 2.91. The standard InChI is InChI=1S/C11H13N3O3S/c1-8-6-11(15)14(12-8)10-5-3-4-9(7-10)13-18(2,16)17/h3-5,7,13H,6H2,1-2H3. The van der Waals surface area contributed by atoms with Crippen molar-refractivity contribution in [2.24, 2.45) is 5.10 Å². The highest BCUT2D eigenvalue weighted by molar-refractivity contribution is 7.92. The molecule has 0 saturated carbocycles. The van der Waals surface area contributed by atoms with Crippen LogP contribution in [0.15, 0.2) is 29.4 Å². The summed E-state index contributed by atoms with van der Waals surface area (Å²) >= 11 is 0. The highest BCUT2D eigenvalue weighted by Crippen LogP contribution is 2.24. The lowest BCUT2D eigenvalue weighted by Gasteiger charge is -2.13. The molecule has 0 radical (unpaired) electrons. The highest BCUT2D eigenvalue weighted by atomic mass is 32.2. The van der Waals surface area contributed by atoms with Crippen molar-refractivity contribution in [1.82, 2.24) is 0 Å². The van der Waals surface area contributed by atoms with Crippen LogP contribution in [0.1, 0.15) is 13.3 Å². The molecule has 0 bridgehead atoms.